The maximum Gasteiger partial charge on any atom is 0.325 e. The van der Waals surface area contributed by atoms with Crippen LogP contribution in [0.25, 0.3) is 0 Å². The minimum absolute atomic E-state index is 0.307. The molecular formula is C22H25ClN2O4. The minimum atomic E-state index is -0.686. The lowest BCUT2D eigenvalue weighted by atomic mass is 10.0. The van der Waals surface area contributed by atoms with Crippen LogP contribution in [0.15, 0.2) is 54.6 Å². The molecule has 0 aromatic heterocycles. The number of ether oxygens (including phenoxy) is 1. The van der Waals surface area contributed by atoms with Gasteiger partial charge in [-0.2, -0.15) is 0 Å². The van der Waals surface area contributed by atoms with Gasteiger partial charge in [0.15, 0.2) is 6.61 Å². The molecule has 0 atom stereocenters. The van der Waals surface area contributed by atoms with Crippen molar-refractivity contribution in [3.05, 3.63) is 70.7 Å². The van der Waals surface area contributed by atoms with E-state index >= 15 is 0 Å². The van der Waals surface area contributed by atoms with Crippen molar-refractivity contribution in [3.8, 4) is 0 Å². The van der Waals surface area contributed by atoms with Gasteiger partial charge in [-0.1, -0.05) is 41.9 Å². The van der Waals surface area contributed by atoms with Crippen LogP contribution in [-0.4, -0.2) is 41.4 Å². The second-order valence-corrected chi connectivity index (χ2v) is 7.92. The van der Waals surface area contributed by atoms with Crippen LogP contribution < -0.4 is 5.32 Å². The molecule has 0 aliphatic rings. The molecule has 2 aromatic carbocycles. The van der Waals surface area contributed by atoms with Crippen molar-refractivity contribution in [2.24, 2.45) is 0 Å². The normalized spacial score (nSPS) is 10.9. The van der Waals surface area contributed by atoms with Gasteiger partial charge in [-0.15, -0.1) is 0 Å². The number of hydrogen-bond donors (Lipinski definition) is 1. The summed E-state index contributed by atoms with van der Waals surface area (Å²) in [6.07, 6.45) is 0. The van der Waals surface area contributed by atoms with Crippen molar-refractivity contribution in [1.82, 2.24) is 10.2 Å². The maximum absolute atomic E-state index is 12.6. The molecular weight excluding hydrogens is 392 g/mol. The average molecular weight is 417 g/mol. The van der Waals surface area contributed by atoms with Crippen LogP contribution in [0.5, 0.6) is 0 Å². The van der Waals surface area contributed by atoms with Crippen LogP contribution in [0.3, 0.4) is 0 Å². The molecule has 0 bridgehead atoms. The predicted molar refractivity (Wildman–Crippen MR) is 111 cm³/mol. The van der Waals surface area contributed by atoms with Gasteiger partial charge in [-0.05, 0) is 50.6 Å². The van der Waals surface area contributed by atoms with Crippen molar-refractivity contribution in [3.63, 3.8) is 0 Å². The quantitative estimate of drug-likeness (QED) is 0.701. The van der Waals surface area contributed by atoms with Crippen molar-refractivity contribution < 1.29 is 19.1 Å². The highest BCUT2D eigenvalue weighted by atomic mass is 35.5. The van der Waals surface area contributed by atoms with Gasteiger partial charge < -0.3 is 15.0 Å². The van der Waals surface area contributed by atoms with Crippen LogP contribution in [0.4, 0.5) is 0 Å². The lowest BCUT2D eigenvalue weighted by molar-refractivity contribution is -0.153. The number of hydrogen-bond acceptors (Lipinski definition) is 4. The van der Waals surface area contributed by atoms with Crippen LogP contribution in [0.2, 0.25) is 5.02 Å². The molecule has 1 N–H and O–H groups in total. The third-order valence-electron chi connectivity index (χ3n) is 4.15. The van der Waals surface area contributed by atoms with E-state index in [9.17, 15) is 14.4 Å². The Labute approximate surface area is 175 Å². The number of carbonyl (C=O) groups is 3. The lowest BCUT2D eigenvalue weighted by Crippen LogP contribution is -2.47. The lowest BCUT2D eigenvalue weighted by Gasteiger charge is -2.35. The smallest absolute Gasteiger partial charge is 0.325 e. The molecule has 0 radical (unpaired) electrons. The molecule has 0 saturated carbocycles. The molecule has 29 heavy (non-hydrogen) atoms. The number of carbonyl (C=O) groups excluding carboxylic acids is 3. The zero-order valence-corrected chi connectivity index (χ0v) is 17.5. The monoisotopic (exact) mass is 416 g/mol. The number of esters is 1. The van der Waals surface area contributed by atoms with E-state index in [1.807, 2.05) is 51.1 Å². The average Bonchev–Trinajstić information content (AvgIpc) is 2.69. The molecule has 0 heterocycles. The van der Waals surface area contributed by atoms with E-state index in [1.54, 1.807) is 29.2 Å². The van der Waals surface area contributed by atoms with Crippen molar-refractivity contribution in [2.45, 2.75) is 32.9 Å². The summed E-state index contributed by atoms with van der Waals surface area (Å²) in [4.78, 5) is 38.2. The largest absolute Gasteiger partial charge is 0.454 e. The fraction of sp³-hybridized carbons (Fsp3) is 0.318. The fourth-order valence-electron chi connectivity index (χ4n) is 2.59. The van der Waals surface area contributed by atoms with Crippen molar-refractivity contribution in [2.75, 3.05) is 13.2 Å². The Kier molecular flexibility index (Phi) is 7.79. The van der Waals surface area contributed by atoms with Gasteiger partial charge in [0, 0.05) is 22.7 Å². The Balaban J connectivity index is 1.86. The molecule has 2 aromatic rings. The molecule has 0 aliphatic carbocycles. The highest BCUT2D eigenvalue weighted by Gasteiger charge is 2.27. The number of rotatable bonds is 7. The van der Waals surface area contributed by atoms with E-state index in [2.05, 4.69) is 5.32 Å². The van der Waals surface area contributed by atoms with E-state index in [0.29, 0.717) is 17.1 Å². The predicted octanol–water partition coefficient (Wildman–Crippen LogP) is 3.44. The van der Waals surface area contributed by atoms with Crippen LogP contribution >= 0.6 is 11.6 Å². The second-order valence-electron chi connectivity index (χ2n) is 7.49. The van der Waals surface area contributed by atoms with Crippen molar-refractivity contribution in [1.29, 1.82) is 0 Å². The first-order valence-electron chi connectivity index (χ1n) is 9.20. The van der Waals surface area contributed by atoms with Gasteiger partial charge in [0.05, 0.1) is 0 Å². The highest BCUT2D eigenvalue weighted by molar-refractivity contribution is 6.30. The van der Waals surface area contributed by atoms with Gasteiger partial charge in [-0.25, -0.2) is 0 Å². The molecule has 2 rings (SSSR count). The summed E-state index contributed by atoms with van der Waals surface area (Å²) in [6.45, 7) is 5.45. The number of nitrogens with zero attached hydrogens (tertiary/aromatic N) is 1. The number of halogens is 1. The van der Waals surface area contributed by atoms with Gasteiger partial charge in [0.2, 0.25) is 0 Å². The molecule has 0 unspecified atom stereocenters. The standard InChI is InChI=1S/C22H25ClN2O4/c1-22(2,3)25(14-16-7-5-4-6-8-16)19(26)15-29-20(27)13-24-21(28)17-9-11-18(23)12-10-17/h4-12H,13-15H2,1-3H3,(H,24,28). The third-order valence-corrected chi connectivity index (χ3v) is 4.40. The molecule has 154 valence electrons. The molecule has 0 fully saturated rings. The molecule has 0 aliphatic heterocycles. The highest BCUT2D eigenvalue weighted by Crippen LogP contribution is 2.17. The first kappa shape index (κ1) is 22.4. The summed E-state index contributed by atoms with van der Waals surface area (Å²) >= 11 is 5.78. The molecule has 6 nitrogen and oxygen atoms in total. The summed E-state index contributed by atoms with van der Waals surface area (Å²) in [5.74, 6) is -1.42. The molecule has 2 amide bonds. The van der Waals surface area contributed by atoms with Gasteiger partial charge in [-0.3, -0.25) is 14.4 Å². The maximum atomic E-state index is 12.6. The van der Waals surface area contributed by atoms with E-state index in [1.165, 1.54) is 0 Å². The summed E-state index contributed by atoms with van der Waals surface area (Å²) in [7, 11) is 0. The van der Waals surface area contributed by atoms with Crippen LogP contribution in [-0.2, 0) is 20.9 Å². The SMILES string of the molecule is CC(C)(C)N(Cc1ccccc1)C(=O)COC(=O)CNC(=O)c1ccc(Cl)cc1. The van der Waals surface area contributed by atoms with E-state index in [0.717, 1.165) is 5.56 Å². The Hall–Kier alpha value is -2.86. The van der Waals surface area contributed by atoms with Gasteiger partial charge >= 0.3 is 5.97 Å². The Morgan fingerprint density at radius 2 is 1.62 bits per heavy atom. The van der Waals surface area contributed by atoms with E-state index in [-0.39, 0.29) is 19.1 Å². The Morgan fingerprint density at radius 1 is 1.00 bits per heavy atom. The minimum Gasteiger partial charge on any atom is -0.454 e. The summed E-state index contributed by atoms with van der Waals surface area (Å²) < 4.78 is 5.06. The fourth-order valence-corrected chi connectivity index (χ4v) is 2.72. The van der Waals surface area contributed by atoms with Crippen molar-refractivity contribution >= 4 is 29.4 Å². The summed E-state index contributed by atoms with van der Waals surface area (Å²) in [5, 5.41) is 2.97. The van der Waals surface area contributed by atoms with Gasteiger partial charge in [0.1, 0.15) is 6.54 Å². The van der Waals surface area contributed by atoms with Crippen LogP contribution in [0.1, 0.15) is 36.7 Å². The number of amides is 2. The molecule has 7 heteroatoms. The van der Waals surface area contributed by atoms with E-state index < -0.39 is 17.4 Å². The zero-order valence-electron chi connectivity index (χ0n) is 16.8. The second kappa shape index (κ2) is 10.1. The first-order chi connectivity index (χ1) is 13.7. The molecule has 0 spiro atoms. The third kappa shape index (κ3) is 7.23. The van der Waals surface area contributed by atoms with Crippen LogP contribution in [0, 0.1) is 0 Å². The Bertz CT molecular complexity index is 845. The van der Waals surface area contributed by atoms with E-state index in [4.69, 9.17) is 16.3 Å². The van der Waals surface area contributed by atoms with Gasteiger partial charge in [0.25, 0.3) is 11.8 Å². The topological polar surface area (TPSA) is 75.7 Å². The summed E-state index contributed by atoms with van der Waals surface area (Å²) in [5.41, 5.74) is 0.916. The summed E-state index contributed by atoms with van der Waals surface area (Å²) in [6, 6.07) is 15.9. The number of benzene rings is 2. The zero-order chi connectivity index (χ0) is 21.4. The first-order valence-corrected chi connectivity index (χ1v) is 9.58. The Morgan fingerprint density at radius 3 is 2.21 bits per heavy atom. The molecule has 0 saturated heterocycles. The number of nitrogens with one attached hydrogen (secondary N) is 1.